The van der Waals surface area contributed by atoms with Crippen LogP contribution in [0.2, 0.25) is 0 Å². The normalized spacial score (nSPS) is 11.1. The average Bonchev–Trinajstić information content (AvgIpc) is 2.69. The van der Waals surface area contributed by atoms with Gasteiger partial charge in [0.1, 0.15) is 11.6 Å². The van der Waals surface area contributed by atoms with Crippen LogP contribution in [0.3, 0.4) is 0 Å². The van der Waals surface area contributed by atoms with Crippen molar-refractivity contribution >= 4 is 23.2 Å². The summed E-state index contributed by atoms with van der Waals surface area (Å²) in [5.74, 6) is 0.137. The average molecular weight is 347 g/mol. The summed E-state index contributed by atoms with van der Waals surface area (Å²) in [7, 11) is 1.61. The molecule has 0 bridgehead atoms. The zero-order chi connectivity index (χ0) is 18.4. The molecule has 0 spiro atoms. The van der Waals surface area contributed by atoms with Gasteiger partial charge in [0, 0.05) is 11.3 Å². The topological polar surface area (TPSA) is 38.3 Å². The molecule has 0 saturated carbocycles. The first-order valence-corrected chi connectivity index (χ1v) is 8.14. The molecule has 4 heteroatoms. The number of amides is 1. The van der Waals surface area contributed by atoms with Gasteiger partial charge < -0.3 is 10.1 Å². The van der Waals surface area contributed by atoms with Gasteiger partial charge in [0.2, 0.25) is 0 Å². The zero-order valence-electron chi connectivity index (χ0n) is 14.3. The largest absolute Gasteiger partial charge is 0.497 e. The Morgan fingerprint density at radius 3 is 2.19 bits per heavy atom. The van der Waals surface area contributed by atoms with E-state index < -0.39 is 0 Å². The molecule has 3 nitrogen and oxygen atoms in total. The molecule has 1 N–H and O–H groups in total. The van der Waals surface area contributed by atoms with Crippen LogP contribution in [0.1, 0.15) is 11.1 Å². The minimum atomic E-state index is -0.347. The van der Waals surface area contributed by atoms with Crippen LogP contribution in [0.25, 0.3) is 11.6 Å². The van der Waals surface area contributed by atoms with Gasteiger partial charge >= 0.3 is 0 Å². The summed E-state index contributed by atoms with van der Waals surface area (Å²) in [5, 5.41) is 2.81. The van der Waals surface area contributed by atoms with Gasteiger partial charge in [0.15, 0.2) is 0 Å². The lowest BCUT2D eigenvalue weighted by atomic mass is 10.0. The summed E-state index contributed by atoms with van der Waals surface area (Å²) < 4.78 is 18.2. The molecular weight excluding hydrogens is 329 g/mol. The summed E-state index contributed by atoms with van der Waals surface area (Å²) in [4.78, 5) is 12.8. The van der Waals surface area contributed by atoms with Crippen molar-refractivity contribution in [1.29, 1.82) is 0 Å². The molecule has 130 valence electrons. The van der Waals surface area contributed by atoms with Gasteiger partial charge in [-0.2, -0.15) is 0 Å². The fourth-order valence-corrected chi connectivity index (χ4v) is 2.50. The van der Waals surface area contributed by atoms with E-state index in [0.29, 0.717) is 11.3 Å². The fraction of sp³-hybridized carbons (Fsp3) is 0.0455. The third-order valence-corrected chi connectivity index (χ3v) is 3.86. The van der Waals surface area contributed by atoms with Crippen molar-refractivity contribution in [2.75, 3.05) is 12.4 Å². The first-order valence-electron chi connectivity index (χ1n) is 8.14. The van der Waals surface area contributed by atoms with Crippen LogP contribution < -0.4 is 10.1 Å². The van der Waals surface area contributed by atoms with Gasteiger partial charge in [-0.15, -0.1) is 0 Å². The van der Waals surface area contributed by atoms with Crippen LogP contribution in [-0.2, 0) is 4.79 Å². The van der Waals surface area contributed by atoms with E-state index in [1.807, 2.05) is 60.7 Å². The van der Waals surface area contributed by atoms with Crippen LogP contribution >= 0.6 is 0 Å². The highest BCUT2D eigenvalue weighted by molar-refractivity contribution is 6.29. The third kappa shape index (κ3) is 4.36. The molecule has 0 fully saturated rings. The number of halogens is 1. The Morgan fingerprint density at radius 1 is 0.923 bits per heavy atom. The molecule has 3 rings (SSSR count). The van der Waals surface area contributed by atoms with E-state index in [2.05, 4.69) is 5.32 Å². The second-order valence-electron chi connectivity index (χ2n) is 5.66. The van der Waals surface area contributed by atoms with Crippen molar-refractivity contribution in [2.24, 2.45) is 0 Å². The van der Waals surface area contributed by atoms with Gasteiger partial charge in [-0.3, -0.25) is 4.79 Å². The van der Waals surface area contributed by atoms with Gasteiger partial charge in [0.05, 0.1) is 7.11 Å². The first kappa shape index (κ1) is 17.4. The molecule has 3 aromatic rings. The van der Waals surface area contributed by atoms with Gasteiger partial charge in [-0.25, -0.2) is 4.39 Å². The molecule has 26 heavy (non-hydrogen) atoms. The lowest BCUT2D eigenvalue weighted by Crippen LogP contribution is -2.13. The Hall–Kier alpha value is -3.40. The van der Waals surface area contributed by atoms with Gasteiger partial charge in [0.25, 0.3) is 5.91 Å². The SMILES string of the molecule is COc1ccc(C=C(C(=O)Nc2ccc(F)cc2)c2ccccc2)cc1. The van der Waals surface area contributed by atoms with Crippen molar-refractivity contribution in [3.05, 3.63) is 95.8 Å². The van der Waals surface area contributed by atoms with Crippen molar-refractivity contribution in [1.82, 2.24) is 0 Å². The molecule has 1 amide bonds. The van der Waals surface area contributed by atoms with Crippen LogP contribution in [0, 0.1) is 5.82 Å². The second-order valence-corrected chi connectivity index (χ2v) is 5.66. The summed E-state index contributed by atoms with van der Waals surface area (Å²) in [6, 6.07) is 22.5. The molecule has 0 atom stereocenters. The molecular formula is C22H18FNO2. The maximum Gasteiger partial charge on any atom is 0.256 e. The third-order valence-electron chi connectivity index (χ3n) is 3.86. The Balaban J connectivity index is 1.93. The van der Waals surface area contributed by atoms with Crippen LogP contribution in [0.15, 0.2) is 78.9 Å². The quantitative estimate of drug-likeness (QED) is 0.520. The molecule has 0 heterocycles. The number of carbonyl (C=O) groups is 1. The maximum absolute atomic E-state index is 13.1. The number of benzene rings is 3. The number of hydrogen-bond acceptors (Lipinski definition) is 2. The zero-order valence-corrected chi connectivity index (χ0v) is 14.3. The summed E-state index contributed by atoms with van der Waals surface area (Å²) in [5.41, 5.74) is 2.72. The van der Waals surface area contributed by atoms with Crippen LogP contribution in [-0.4, -0.2) is 13.0 Å². The van der Waals surface area contributed by atoms with Crippen molar-refractivity contribution in [3.63, 3.8) is 0 Å². The van der Waals surface area contributed by atoms with E-state index in [9.17, 15) is 9.18 Å². The Bertz CT molecular complexity index is 901. The highest BCUT2D eigenvalue weighted by Gasteiger charge is 2.12. The van der Waals surface area contributed by atoms with Crippen LogP contribution in [0.4, 0.5) is 10.1 Å². The predicted octanol–water partition coefficient (Wildman–Crippen LogP) is 5.01. The lowest BCUT2D eigenvalue weighted by molar-refractivity contribution is -0.111. The number of nitrogens with one attached hydrogen (secondary N) is 1. The summed E-state index contributed by atoms with van der Waals surface area (Å²) >= 11 is 0. The summed E-state index contributed by atoms with van der Waals surface area (Å²) in [6.45, 7) is 0. The maximum atomic E-state index is 13.1. The molecule has 0 aliphatic heterocycles. The molecule has 0 radical (unpaired) electrons. The van der Waals surface area contributed by atoms with E-state index in [-0.39, 0.29) is 11.7 Å². The lowest BCUT2D eigenvalue weighted by Gasteiger charge is -2.10. The van der Waals surface area contributed by atoms with Crippen molar-refractivity contribution in [2.45, 2.75) is 0 Å². The van der Waals surface area contributed by atoms with E-state index in [1.54, 1.807) is 7.11 Å². The molecule has 0 unspecified atom stereocenters. The van der Waals surface area contributed by atoms with Gasteiger partial charge in [-0.1, -0.05) is 42.5 Å². The van der Waals surface area contributed by atoms with Crippen LogP contribution in [0.5, 0.6) is 5.75 Å². The number of methoxy groups -OCH3 is 1. The number of hydrogen-bond donors (Lipinski definition) is 1. The number of ether oxygens (including phenoxy) is 1. The molecule has 0 aliphatic rings. The molecule has 3 aromatic carbocycles. The van der Waals surface area contributed by atoms with Gasteiger partial charge in [-0.05, 0) is 53.6 Å². The highest BCUT2D eigenvalue weighted by Crippen LogP contribution is 2.22. The van der Waals surface area contributed by atoms with E-state index >= 15 is 0 Å². The molecule has 0 aliphatic carbocycles. The number of carbonyl (C=O) groups excluding carboxylic acids is 1. The smallest absolute Gasteiger partial charge is 0.256 e. The predicted molar refractivity (Wildman–Crippen MR) is 102 cm³/mol. The number of rotatable bonds is 5. The highest BCUT2D eigenvalue weighted by atomic mass is 19.1. The molecule has 0 aromatic heterocycles. The Morgan fingerprint density at radius 2 is 1.58 bits per heavy atom. The van der Waals surface area contributed by atoms with Crippen molar-refractivity contribution in [3.8, 4) is 5.75 Å². The fourth-order valence-electron chi connectivity index (χ4n) is 2.50. The van der Waals surface area contributed by atoms with E-state index in [1.165, 1.54) is 24.3 Å². The second kappa shape index (κ2) is 8.12. The minimum Gasteiger partial charge on any atom is -0.497 e. The Kier molecular flexibility index (Phi) is 5.44. The Labute approximate surface area is 151 Å². The first-order chi connectivity index (χ1) is 12.7. The summed E-state index contributed by atoms with van der Waals surface area (Å²) in [6.07, 6.45) is 1.81. The van der Waals surface area contributed by atoms with E-state index in [0.717, 1.165) is 16.9 Å². The minimum absolute atomic E-state index is 0.265. The number of anilines is 1. The monoisotopic (exact) mass is 347 g/mol. The van der Waals surface area contributed by atoms with E-state index in [4.69, 9.17) is 4.74 Å². The molecule has 0 saturated heterocycles. The standard InChI is InChI=1S/C22H18FNO2/c1-26-20-13-7-16(8-14-20)15-21(17-5-3-2-4-6-17)22(25)24-19-11-9-18(23)10-12-19/h2-15H,1H3,(H,24,25). The van der Waals surface area contributed by atoms with Crippen molar-refractivity contribution < 1.29 is 13.9 Å².